The van der Waals surface area contributed by atoms with Crippen molar-refractivity contribution in [2.75, 3.05) is 5.75 Å². The zero-order chi connectivity index (χ0) is 17.3. The van der Waals surface area contributed by atoms with Crippen LogP contribution < -0.4 is 5.32 Å². The lowest BCUT2D eigenvalue weighted by Crippen LogP contribution is -2.68. The monoisotopic (exact) mass is 331 g/mol. The fourth-order valence-corrected chi connectivity index (χ4v) is 3.96. The summed E-state index contributed by atoms with van der Waals surface area (Å²) in [4.78, 5) is 25.2. The smallest absolute Gasteiger partial charge is 0.226 e. The Bertz CT molecular complexity index is 438. The highest BCUT2D eigenvalue weighted by molar-refractivity contribution is 8.01. The highest BCUT2D eigenvalue weighted by atomic mass is 32.2. The molecule has 1 aliphatic heterocycles. The Kier molecular flexibility index (Phi) is 6.09. The normalized spacial score (nSPS) is 30.5. The molecule has 0 radical (unpaired) electrons. The van der Waals surface area contributed by atoms with E-state index in [1.54, 1.807) is 34.6 Å². The largest absolute Gasteiger partial charge is 0.390 e. The Morgan fingerprint density at radius 1 is 1.45 bits per heavy atom. The fraction of sp³-hybridized carbons (Fsp3) is 0.875. The first-order valence-electron chi connectivity index (χ1n) is 7.89. The summed E-state index contributed by atoms with van der Waals surface area (Å²) in [6.07, 6.45) is -1.44. The van der Waals surface area contributed by atoms with E-state index in [4.69, 9.17) is 0 Å². The first-order chi connectivity index (χ1) is 10.0. The summed E-state index contributed by atoms with van der Waals surface area (Å²) < 4.78 is -0.801. The van der Waals surface area contributed by atoms with Gasteiger partial charge in [-0.2, -0.15) is 0 Å². The highest BCUT2D eigenvalue weighted by Crippen LogP contribution is 2.39. The van der Waals surface area contributed by atoms with Gasteiger partial charge in [0.05, 0.1) is 22.9 Å². The van der Waals surface area contributed by atoms with E-state index in [-0.39, 0.29) is 11.7 Å². The first kappa shape index (κ1) is 19.5. The fourth-order valence-electron chi connectivity index (χ4n) is 2.95. The van der Waals surface area contributed by atoms with E-state index in [1.165, 1.54) is 11.8 Å². The molecule has 1 saturated heterocycles. The molecule has 5 nitrogen and oxygen atoms in total. The maximum Gasteiger partial charge on any atom is 0.226 e. The second-order valence-electron chi connectivity index (χ2n) is 6.97. The van der Waals surface area contributed by atoms with Gasteiger partial charge in [0, 0.05) is 0 Å². The van der Waals surface area contributed by atoms with Gasteiger partial charge in [-0.3, -0.25) is 9.59 Å². The first-order valence-corrected chi connectivity index (χ1v) is 8.87. The van der Waals surface area contributed by atoms with E-state index < -0.39 is 34.3 Å². The molecule has 0 saturated carbocycles. The summed E-state index contributed by atoms with van der Waals surface area (Å²) in [5, 5.41) is 23.8. The van der Waals surface area contributed by atoms with Crippen LogP contribution in [0.4, 0.5) is 0 Å². The maximum absolute atomic E-state index is 13.2. The highest BCUT2D eigenvalue weighted by Gasteiger charge is 2.62. The molecule has 0 aromatic rings. The predicted octanol–water partition coefficient (Wildman–Crippen LogP) is 1.36. The van der Waals surface area contributed by atoms with Gasteiger partial charge in [-0.05, 0) is 31.9 Å². The molecule has 4 atom stereocenters. The number of ketones is 1. The van der Waals surface area contributed by atoms with E-state index in [1.807, 2.05) is 6.92 Å². The van der Waals surface area contributed by atoms with Crippen molar-refractivity contribution >= 4 is 23.5 Å². The van der Waals surface area contributed by atoms with Gasteiger partial charge < -0.3 is 15.5 Å². The summed E-state index contributed by atoms with van der Waals surface area (Å²) in [5.41, 5.74) is -1.63. The number of aliphatic hydroxyl groups excluding tert-OH is 2. The van der Waals surface area contributed by atoms with Crippen molar-refractivity contribution in [2.45, 2.75) is 70.5 Å². The van der Waals surface area contributed by atoms with Gasteiger partial charge in [0.15, 0.2) is 11.3 Å². The third-order valence-electron chi connectivity index (χ3n) is 4.37. The Hall–Kier alpha value is -0.590. The minimum atomic E-state index is -1.63. The summed E-state index contributed by atoms with van der Waals surface area (Å²) in [6, 6.07) is 0. The van der Waals surface area contributed by atoms with Crippen molar-refractivity contribution in [3.05, 3.63) is 0 Å². The van der Waals surface area contributed by atoms with Crippen LogP contribution in [0.5, 0.6) is 0 Å². The van der Waals surface area contributed by atoms with Crippen molar-refractivity contribution in [2.24, 2.45) is 11.8 Å². The lowest BCUT2D eigenvalue weighted by atomic mass is 9.73. The molecular formula is C16H29NO4S. The van der Waals surface area contributed by atoms with Crippen LogP contribution in [-0.4, -0.2) is 50.2 Å². The van der Waals surface area contributed by atoms with Gasteiger partial charge in [0.2, 0.25) is 5.91 Å². The third kappa shape index (κ3) is 3.19. The molecule has 22 heavy (non-hydrogen) atoms. The maximum atomic E-state index is 13.2. The molecule has 0 bridgehead atoms. The zero-order valence-corrected chi connectivity index (χ0v) is 15.2. The predicted molar refractivity (Wildman–Crippen MR) is 88.7 cm³/mol. The number of carbonyl (C=O) groups is 2. The molecule has 128 valence electrons. The second kappa shape index (κ2) is 6.89. The van der Waals surface area contributed by atoms with E-state index >= 15 is 0 Å². The van der Waals surface area contributed by atoms with Gasteiger partial charge >= 0.3 is 0 Å². The summed E-state index contributed by atoms with van der Waals surface area (Å²) in [7, 11) is 0. The number of nitrogens with one attached hydrogen (secondary N) is 1. The van der Waals surface area contributed by atoms with Gasteiger partial charge in [-0.1, -0.05) is 27.7 Å². The van der Waals surface area contributed by atoms with Crippen LogP contribution in [0, 0.1) is 11.8 Å². The number of hydrogen-bond acceptors (Lipinski definition) is 5. The van der Waals surface area contributed by atoms with Crippen molar-refractivity contribution in [3.8, 4) is 0 Å². The molecular weight excluding hydrogens is 302 g/mol. The van der Waals surface area contributed by atoms with E-state index in [0.717, 1.165) is 12.2 Å². The minimum absolute atomic E-state index is 0.267. The van der Waals surface area contributed by atoms with Crippen molar-refractivity contribution in [1.29, 1.82) is 0 Å². The molecule has 0 aromatic carbocycles. The van der Waals surface area contributed by atoms with E-state index in [2.05, 4.69) is 5.32 Å². The van der Waals surface area contributed by atoms with E-state index in [0.29, 0.717) is 0 Å². The Balaban J connectivity index is 3.28. The molecule has 6 heteroatoms. The summed E-state index contributed by atoms with van der Waals surface area (Å²) in [6.45, 7) is 10.7. The molecule has 1 heterocycles. The van der Waals surface area contributed by atoms with Crippen LogP contribution in [0.15, 0.2) is 0 Å². The van der Waals surface area contributed by atoms with Crippen LogP contribution in [0.25, 0.3) is 0 Å². The van der Waals surface area contributed by atoms with Crippen molar-refractivity contribution < 1.29 is 19.8 Å². The molecule has 0 spiro atoms. The minimum Gasteiger partial charge on any atom is -0.390 e. The number of rotatable bonds is 7. The SMILES string of the molecule is CCCSC(C)(C)C(=O)[C@]1([C@@H](O)C(C)C)NC(=O)[C@H](C)[C@@H]1O. The lowest BCUT2D eigenvalue weighted by Gasteiger charge is -2.42. The molecule has 1 aliphatic rings. The van der Waals surface area contributed by atoms with Crippen LogP contribution >= 0.6 is 11.8 Å². The van der Waals surface area contributed by atoms with Gasteiger partial charge in [-0.25, -0.2) is 0 Å². The topological polar surface area (TPSA) is 86.6 Å². The van der Waals surface area contributed by atoms with Gasteiger partial charge in [-0.15, -0.1) is 11.8 Å². The average molecular weight is 331 g/mol. The standard InChI is InChI=1S/C16H29NO4S/c1-7-8-22-15(5,6)14(21)16(11(18)9(2)3)12(19)10(4)13(20)17-16/h9-12,18-19H,7-8H2,1-6H3,(H,17,20)/t10-,11+,12+,16-/m1/s1. The number of aliphatic hydroxyl groups is 2. The molecule has 1 fully saturated rings. The average Bonchev–Trinajstić information content (AvgIpc) is 2.68. The summed E-state index contributed by atoms with van der Waals surface area (Å²) >= 11 is 1.48. The lowest BCUT2D eigenvalue weighted by molar-refractivity contribution is -0.141. The van der Waals surface area contributed by atoms with Gasteiger partial charge in [0.1, 0.15) is 0 Å². The Labute approximate surface area is 137 Å². The van der Waals surface area contributed by atoms with Crippen LogP contribution in [0.1, 0.15) is 48.0 Å². The second-order valence-corrected chi connectivity index (χ2v) is 8.69. The van der Waals surface area contributed by atoms with Crippen LogP contribution in [-0.2, 0) is 9.59 Å². The number of carbonyl (C=O) groups excluding carboxylic acids is 2. The number of amides is 1. The Morgan fingerprint density at radius 3 is 2.36 bits per heavy atom. The quantitative estimate of drug-likeness (QED) is 0.656. The number of thioether (sulfide) groups is 1. The molecule has 0 aromatic heterocycles. The van der Waals surface area contributed by atoms with Gasteiger partial charge in [0.25, 0.3) is 0 Å². The third-order valence-corrected chi connectivity index (χ3v) is 5.89. The van der Waals surface area contributed by atoms with E-state index in [9.17, 15) is 19.8 Å². The number of Topliss-reactive ketones (excluding diaryl/α,β-unsaturated/α-hetero) is 1. The van der Waals surface area contributed by atoms with Crippen LogP contribution in [0.3, 0.4) is 0 Å². The van der Waals surface area contributed by atoms with Crippen molar-refractivity contribution in [1.82, 2.24) is 5.32 Å². The van der Waals surface area contributed by atoms with Crippen molar-refractivity contribution in [3.63, 3.8) is 0 Å². The Morgan fingerprint density at radius 2 is 2.00 bits per heavy atom. The zero-order valence-electron chi connectivity index (χ0n) is 14.3. The molecule has 0 unspecified atom stereocenters. The van der Waals surface area contributed by atoms with Crippen LogP contribution in [0.2, 0.25) is 0 Å². The molecule has 0 aliphatic carbocycles. The molecule has 1 rings (SSSR count). The molecule has 1 amide bonds. The molecule has 3 N–H and O–H groups in total. The number of hydrogen-bond donors (Lipinski definition) is 3. The summed E-state index contributed by atoms with van der Waals surface area (Å²) in [5.74, 6) is -0.895.